The number of benzene rings is 2. The van der Waals surface area contributed by atoms with E-state index < -0.39 is 5.41 Å². The fourth-order valence-electron chi connectivity index (χ4n) is 3.00. The Bertz CT molecular complexity index is 978. The van der Waals surface area contributed by atoms with E-state index in [-0.39, 0.29) is 11.8 Å². The molecule has 0 saturated heterocycles. The number of amides is 2. The Hall–Kier alpha value is -2.99. The first-order valence-corrected chi connectivity index (χ1v) is 10.8. The molecule has 0 bridgehead atoms. The quantitative estimate of drug-likeness (QED) is 0.604. The number of nitrogens with zero attached hydrogens (tertiary/aromatic N) is 2. The van der Waals surface area contributed by atoms with E-state index in [2.05, 4.69) is 10.3 Å². The van der Waals surface area contributed by atoms with Crippen molar-refractivity contribution in [3.05, 3.63) is 87.9 Å². The Kier molecular flexibility index (Phi) is 7.00. The first-order chi connectivity index (χ1) is 14.3. The molecule has 0 aliphatic heterocycles. The van der Waals surface area contributed by atoms with Gasteiger partial charge in [0.2, 0.25) is 5.91 Å². The summed E-state index contributed by atoms with van der Waals surface area (Å²) in [6.45, 7) is 7.08. The maximum absolute atomic E-state index is 13.0. The Morgan fingerprint density at radius 2 is 1.53 bits per heavy atom. The molecule has 0 radical (unpaired) electrons. The molecule has 0 aliphatic rings. The van der Waals surface area contributed by atoms with E-state index in [4.69, 9.17) is 0 Å². The second-order valence-corrected chi connectivity index (χ2v) is 9.13. The van der Waals surface area contributed by atoms with E-state index in [1.807, 2.05) is 81.4 Å². The van der Waals surface area contributed by atoms with Gasteiger partial charge in [0.15, 0.2) is 0 Å². The zero-order valence-corrected chi connectivity index (χ0v) is 18.4. The minimum absolute atomic E-state index is 0.0524. The monoisotopic (exact) mass is 421 g/mol. The molecule has 6 heteroatoms. The Balaban J connectivity index is 1.68. The number of nitrogens with one attached hydrogen (secondary N) is 1. The van der Waals surface area contributed by atoms with Gasteiger partial charge in [-0.3, -0.25) is 9.59 Å². The third-order valence-corrected chi connectivity index (χ3v) is 5.39. The smallest absolute Gasteiger partial charge is 0.271 e. The average molecular weight is 422 g/mol. The molecule has 2 amide bonds. The van der Waals surface area contributed by atoms with Gasteiger partial charge in [0.1, 0.15) is 10.7 Å². The van der Waals surface area contributed by atoms with Crippen molar-refractivity contribution in [2.75, 3.05) is 0 Å². The van der Waals surface area contributed by atoms with Crippen LogP contribution in [-0.4, -0.2) is 21.7 Å². The summed E-state index contributed by atoms with van der Waals surface area (Å²) in [5.74, 6) is -0.158. The van der Waals surface area contributed by atoms with Crippen LogP contribution in [0.5, 0.6) is 0 Å². The summed E-state index contributed by atoms with van der Waals surface area (Å²) >= 11 is 1.40. The molecule has 1 aromatic heterocycles. The van der Waals surface area contributed by atoms with Crippen LogP contribution in [0.15, 0.2) is 66.0 Å². The zero-order valence-electron chi connectivity index (χ0n) is 17.6. The van der Waals surface area contributed by atoms with Gasteiger partial charge in [-0.05, 0) is 11.1 Å². The Morgan fingerprint density at radius 1 is 0.933 bits per heavy atom. The molecule has 0 atom stereocenters. The predicted molar refractivity (Wildman–Crippen MR) is 120 cm³/mol. The van der Waals surface area contributed by atoms with Crippen molar-refractivity contribution in [2.45, 2.75) is 40.4 Å². The van der Waals surface area contributed by atoms with Gasteiger partial charge >= 0.3 is 0 Å². The van der Waals surface area contributed by atoms with Crippen LogP contribution in [0.2, 0.25) is 0 Å². The van der Waals surface area contributed by atoms with Crippen LogP contribution in [0.4, 0.5) is 0 Å². The summed E-state index contributed by atoms with van der Waals surface area (Å²) in [6.07, 6.45) is 0. The Morgan fingerprint density at radius 3 is 2.13 bits per heavy atom. The molecule has 0 saturated carbocycles. The zero-order chi connectivity index (χ0) is 21.6. The highest BCUT2D eigenvalue weighted by atomic mass is 32.1. The molecule has 156 valence electrons. The number of rotatable bonds is 7. The van der Waals surface area contributed by atoms with Gasteiger partial charge in [0, 0.05) is 23.9 Å². The SMILES string of the molecule is CC(C)(C)C(=O)N(Cc1ccccc1)Cc1nc(C(=O)NCc2ccccc2)cs1. The molecule has 5 nitrogen and oxygen atoms in total. The number of carbonyl (C=O) groups excluding carboxylic acids is 2. The highest BCUT2D eigenvalue weighted by Gasteiger charge is 2.28. The van der Waals surface area contributed by atoms with Crippen LogP contribution in [0.1, 0.15) is 47.4 Å². The molecule has 1 heterocycles. The first kappa shape index (κ1) is 21.7. The second kappa shape index (κ2) is 9.67. The highest BCUT2D eigenvalue weighted by molar-refractivity contribution is 7.09. The molecule has 0 fully saturated rings. The lowest BCUT2D eigenvalue weighted by Gasteiger charge is -2.29. The molecule has 3 aromatic rings. The fraction of sp³-hybridized carbons (Fsp3) is 0.292. The minimum atomic E-state index is -0.498. The molecule has 2 aromatic carbocycles. The van der Waals surface area contributed by atoms with Gasteiger partial charge < -0.3 is 10.2 Å². The fourth-order valence-corrected chi connectivity index (χ4v) is 3.79. The third-order valence-electron chi connectivity index (χ3n) is 4.55. The lowest BCUT2D eigenvalue weighted by molar-refractivity contribution is -0.140. The van der Waals surface area contributed by atoms with Crippen LogP contribution >= 0.6 is 11.3 Å². The lowest BCUT2D eigenvalue weighted by atomic mass is 9.94. The van der Waals surface area contributed by atoms with Gasteiger partial charge in [-0.15, -0.1) is 11.3 Å². The molecule has 0 unspecified atom stereocenters. The predicted octanol–water partition coefficient (Wildman–Crippen LogP) is 4.65. The molecule has 0 aliphatic carbocycles. The standard InChI is InChI=1S/C24H27N3O2S/c1-24(2,3)23(29)27(15-19-12-8-5-9-13-19)16-21-26-20(17-30-21)22(28)25-14-18-10-6-4-7-11-18/h4-13,17H,14-16H2,1-3H3,(H,25,28). The maximum atomic E-state index is 13.0. The van der Waals surface area contributed by atoms with Crippen molar-refractivity contribution in [3.8, 4) is 0 Å². The van der Waals surface area contributed by atoms with Crippen molar-refractivity contribution < 1.29 is 9.59 Å². The van der Waals surface area contributed by atoms with E-state index in [1.165, 1.54) is 11.3 Å². The summed E-state index contributed by atoms with van der Waals surface area (Å²) in [4.78, 5) is 31.7. The molecular formula is C24H27N3O2S. The molecular weight excluding hydrogens is 394 g/mol. The molecule has 3 rings (SSSR count). The van der Waals surface area contributed by atoms with Crippen LogP contribution in [0, 0.1) is 5.41 Å². The molecule has 0 spiro atoms. The van der Waals surface area contributed by atoms with E-state index in [9.17, 15) is 9.59 Å². The van der Waals surface area contributed by atoms with Crippen LogP contribution in [0.25, 0.3) is 0 Å². The van der Waals surface area contributed by atoms with Crippen molar-refractivity contribution in [1.82, 2.24) is 15.2 Å². The van der Waals surface area contributed by atoms with Gasteiger partial charge in [0.25, 0.3) is 5.91 Å². The summed E-state index contributed by atoms with van der Waals surface area (Å²) in [6, 6.07) is 19.7. The van der Waals surface area contributed by atoms with Gasteiger partial charge in [-0.1, -0.05) is 81.4 Å². The summed E-state index contributed by atoms with van der Waals surface area (Å²) in [7, 11) is 0. The van der Waals surface area contributed by atoms with E-state index in [0.29, 0.717) is 25.3 Å². The average Bonchev–Trinajstić information content (AvgIpc) is 3.20. The minimum Gasteiger partial charge on any atom is -0.347 e. The van der Waals surface area contributed by atoms with Crippen molar-refractivity contribution in [2.24, 2.45) is 5.41 Å². The van der Waals surface area contributed by atoms with E-state index >= 15 is 0 Å². The number of hydrogen-bond donors (Lipinski definition) is 1. The number of hydrogen-bond acceptors (Lipinski definition) is 4. The van der Waals surface area contributed by atoms with Gasteiger partial charge in [-0.2, -0.15) is 0 Å². The van der Waals surface area contributed by atoms with E-state index in [1.54, 1.807) is 10.3 Å². The lowest BCUT2D eigenvalue weighted by Crippen LogP contribution is -2.38. The molecule has 30 heavy (non-hydrogen) atoms. The van der Waals surface area contributed by atoms with Crippen LogP contribution < -0.4 is 5.32 Å². The summed E-state index contributed by atoms with van der Waals surface area (Å²) in [5.41, 5.74) is 1.98. The largest absolute Gasteiger partial charge is 0.347 e. The number of carbonyl (C=O) groups is 2. The Labute approximate surface area is 181 Å². The van der Waals surface area contributed by atoms with Crippen molar-refractivity contribution >= 4 is 23.2 Å². The van der Waals surface area contributed by atoms with Crippen molar-refractivity contribution in [1.29, 1.82) is 0 Å². The number of thiazole rings is 1. The third kappa shape index (κ3) is 6.00. The van der Waals surface area contributed by atoms with Crippen molar-refractivity contribution in [3.63, 3.8) is 0 Å². The maximum Gasteiger partial charge on any atom is 0.271 e. The first-order valence-electron chi connectivity index (χ1n) is 9.93. The van der Waals surface area contributed by atoms with E-state index in [0.717, 1.165) is 16.1 Å². The second-order valence-electron chi connectivity index (χ2n) is 8.19. The summed E-state index contributed by atoms with van der Waals surface area (Å²) in [5, 5.41) is 5.39. The van der Waals surface area contributed by atoms with Crippen LogP contribution in [-0.2, 0) is 24.4 Å². The highest BCUT2D eigenvalue weighted by Crippen LogP contribution is 2.22. The number of aromatic nitrogens is 1. The van der Waals surface area contributed by atoms with Gasteiger partial charge in [-0.25, -0.2) is 4.98 Å². The molecule has 1 N–H and O–H groups in total. The summed E-state index contributed by atoms with van der Waals surface area (Å²) < 4.78 is 0. The van der Waals surface area contributed by atoms with Crippen LogP contribution in [0.3, 0.4) is 0 Å². The van der Waals surface area contributed by atoms with Gasteiger partial charge in [0.05, 0.1) is 6.54 Å². The topological polar surface area (TPSA) is 62.3 Å². The normalized spacial score (nSPS) is 11.2.